The molecule has 0 radical (unpaired) electrons. The lowest BCUT2D eigenvalue weighted by Crippen LogP contribution is -2.66. The van der Waals surface area contributed by atoms with E-state index in [1.54, 1.807) is 0 Å². The largest absolute Gasteiger partial charge is 0.493 e. The Balaban J connectivity index is 1.33. The van der Waals surface area contributed by atoms with Gasteiger partial charge in [0.1, 0.15) is 11.2 Å². The van der Waals surface area contributed by atoms with Crippen molar-refractivity contribution in [3.8, 4) is 5.75 Å². The van der Waals surface area contributed by atoms with Crippen LogP contribution in [0.25, 0.3) is 0 Å². The Labute approximate surface area is 209 Å². The third-order valence-electron chi connectivity index (χ3n) is 8.22. The summed E-state index contributed by atoms with van der Waals surface area (Å²) in [7, 11) is 0. The average Bonchev–Trinajstić information content (AvgIpc) is 2.93. The number of hydrogen-bond donors (Lipinski definition) is 0. The second-order valence-corrected chi connectivity index (χ2v) is 10.3. The van der Waals surface area contributed by atoms with Crippen molar-refractivity contribution in [2.45, 2.75) is 44.2 Å². The van der Waals surface area contributed by atoms with Crippen LogP contribution in [0.4, 0.5) is 0 Å². The van der Waals surface area contributed by atoms with Gasteiger partial charge in [0.05, 0.1) is 26.2 Å². The molecule has 0 aromatic heterocycles. The maximum Gasteiger partial charge on any atom is 0.325 e. The van der Waals surface area contributed by atoms with Crippen molar-refractivity contribution in [1.29, 1.82) is 0 Å². The molecule has 1 atom stereocenters. The molecule has 0 amide bonds. The van der Waals surface area contributed by atoms with Gasteiger partial charge in [-0.25, -0.2) is 0 Å². The molecule has 182 valence electrons. The Kier molecular flexibility index (Phi) is 6.92. The third kappa shape index (κ3) is 4.85. The Hall–Kier alpha value is -3.11. The Bertz CT molecular complexity index is 1050. The van der Waals surface area contributed by atoms with Gasteiger partial charge in [-0.05, 0) is 36.1 Å². The van der Waals surface area contributed by atoms with E-state index in [1.165, 1.54) is 12.8 Å². The maximum atomic E-state index is 14.0. The van der Waals surface area contributed by atoms with Gasteiger partial charge in [0.15, 0.2) is 0 Å². The molecular formula is C31H36NO3+. The molecule has 0 aliphatic carbocycles. The molecule has 4 heteroatoms. The highest BCUT2D eigenvalue weighted by Crippen LogP contribution is 2.41. The number of hydrogen-bond acceptors (Lipinski definition) is 3. The van der Waals surface area contributed by atoms with Crippen LogP contribution >= 0.6 is 0 Å². The highest BCUT2D eigenvalue weighted by molar-refractivity contribution is 5.87. The number of fused-ring (bicyclic) bond motifs is 3. The van der Waals surface area contributed by atoms with Gasteiger partial charge in [-0.15, -0.1) is 0 Å². The minimum absolute atomic E-state index is 0.0847. The van der Waals surface area contributed by atoms with Crippen LogP contribution in [0.3, 0.4) is 0 Å². The van der Waals surface area contributed by atoms with Gasteiger partial charge in [-0.1, -0.05) is 78.9 Å². The minimum atomic E-state index is -0.846. The number of piperidine rings is 3. The number of rotatable bonds is 9. The molecule has 3 fully saturated rings. The maximum absolute atomic E-state index is 14.0. The van der Waals surface area contributed by atoms with Crippen LogP contribution < -0.4 is 4.74 Å². The average molecular weight is 471 g/mol. The van der Waals surface area contributed by atoms with Crippen LogP contribution in [-0.4, -0.2) is 42.9 Å². The Morgan fingerprint density at radius 1 is 0.857 bits per heavy atom. The van der Waals surface area contributed by atoms with Crippen molar-refractivity contribution in [2.24, 2.45) is 5.92 Å². The fourth-order valence-corrected chi connectivity index (χ4v) is 5.97. The van der Waals surface area contributed by atoms with Crippen LogP contribution in [0.1, 0.15) is 43.7 Å². The van der Waals surface area contributed by atoms with Crippen LogP contribution in [0.2, 0.25) is 0 Å². The van der Waals surface area contributed by atoms with Crippen LogP contribution in [0.5, 0.6) is 5.75 Å². The molecule has 0 spiro atoms. The number of benzene rings is 3. The standard InChI is InChI=1S/C31H36NO3/c1-31(26-12-5-2-6-13-26,27-14-7-3-8-15-27)30(33)35-29-24-25-18-21-32(29,22-19-25)20-11-23-34-28-16-9-4-10-17-28/h2-10,12-17,25,29H,11,18-24H2,1H3/q+1/t25?,29-,32?/m1/s1. The molecule has 3 aromatic carbocycles. The van der Waals surface area contributed by atoms with E-state index in [1.807, 2.05) is 97.9 Å². The van der Waals surface area contributed by atoms with Crippen molar-refractivity contribution >= 4 is 5.97 Å². The first-order valence-corrected chi connectivity index (χ1v) is 13.0. The molecule has 3 saturated heterocycles. The van der Waals surface area contributed by atoms with E-state index < -0.39 is 5.41 Å². The van der Waals surface area contributed by atoms with E-state index in [-0.39, 0.29) is 12.2 Å². The predicted octanol–water partition coefficient (Wildman–Crippen LogP) is 5.96. The number of para-hydroxylation sites is 1. The van der Waals surface area contributed by atoms with Gasteiger partial charge >= 0.3 is 5.97 Å². The summed E-state index contributed by atoms with van der Waals surface area (Å²) in [6, 6.07) is 30.1. The lowest BCUT2D eigenvalue weighted by atomic mass is 9.76. The molecule has 35 heavy (non-hydrogen) atoms. The second-order valence-electron chi connectivity index (χ2n) is 10.3. The van der Waals surface area contributed by atoms with E-state index in [0.29, 0.717) is 12.5 Å². The van der Waals surface area contributed by atoms with Gasteiger partial charge in [0.2, 0.25) is 6.23 Å². The van der Waals surface area contributed by atoms with Crippen LogP contribution in [0.15, 0.2) is 91.0 Å². The number of carbonyl (C=O) groups excluding carboxylic acids is 1. The normalized spacial score (nSPS) is 23.6. The van der Waals surface area contributed by atoms with Crippen LogP contribution in [0, 0.1) is 5.92 Å². The number of quaternary nitrogens is 1. The van der Waals surface area contributed by atoms with E-state index in [0.717, 1.165) is 53.8 Å². The molecule has 4 nitrogen and oxygen atoms in total. The van der Waals surface area contributed by atoms with E-state index in [2.05, 4.69) is 0 Å². The predicted molar refractivity (Wildman–Crippen MR) is 138 cm³/mol. The summed E-state index contributed by atoms with van der Waals surface area (Å²) in [4.78, 5) is 14.0. The summed E-state index contributed by atoms with van der Waals surface area (Å²) < 4.78 is 13.4. The van der Waals surface area contributed by atoms with Crippen molar-refractivity contribution in [2.75, 3.05) is 26.2 Å². The van der Waals surface area contributed by atoms with E-state index >= 15 is 0 Å². The molecule has 0 N–H and O–H groups in total. The molecule has 3 heterocycles. The Morgan fingerprint density at radius 3 is 1.97 bits per heavy atom. The molecule has 2 bridgehead atoms. The smallest absolute Gasteiger partial charge is 0.325 e. The van der Waals surface area contributed by atoms with E-state index in [4.69, 9.17) is 9.47 Å². The lowest BCUT2D eigenvalue weighted by molar-refractivity contribution is -0.984. The summed E-state index contributed by atoms with van der Waals surface area (Å²) in [5, 5.41) is 0. The molecule has 3 aliphatic rings. The fraction of sp³-hybridized carbons (Fsp3) is 0.387. The topological polar surface area (TPSA) is 35.5 Å². The van der Waals surface area contributed by atoms with E-state index in [9.17, 15) is 4.79 Å². The Morgan fingerprint density at radius 2 is 1.40 bits per heavy atom. The first kappa shape index (κ1) is 23.6. The van der Waals surface area contributed by atoms with Gasteiger partial charge < -0.3 is 9.47 Å². The van der Waals surface area contributed by atoms with Crippen LogP contribution in [-0.2, 0) is 14.9 Å². The molecule has 3 aliphatic heterocycles. The zero-order valence-corrected chi connectivity index (χ0v) is 20.6. The molecule has 3 aromatic rings. The first-order valence-electron chi connectivity index (χ1n) is 13.0. The summed E-state index contributed by atoms with van der Waals surface area (Å²) in [6.45, 7) is 5.84. The summed E-state index contributed by atoms with van der Waals surface area (Å²) in [5.41, 5.74) is 1.09. The molecule has 6 rings (SSSR count). The summed E-state index contributed by atoms with van der Waals surface area (Å²) >= 11 is 0. The van der Waals surface area contributed by atoms with Gasteiger partial charge in [0, 0.05) is 25.7 Å². The molecular weight excluding hydrogens is 434 g/mol. The van der Waals surface area contributed by atoms with Gasteiger partial charge in [-0.2, -0.15) is 0 Å². The van der Waals surface area contributed by atoms with Crippen molar-refractivity contribution < 1.29 is 18.8 Å². The zero-order valence-electron chi connectivity index (χ0n) is 20.6. The van der Waals surface area contributed by atoms with Gasteiger partial charge in [0.25, 0.3) is 0 Å². The summed E-state index contributed by atoms with van der Waals surface area (Å²) in [5.74, 6) is 1.42. The molecule has 0 unspecified atom stereocenters. The van der Waals surface area contributed by atoms with Crippen molar-refractivity contribution in [3.05, 3.63) is 102 Å². The van der Waals surface area contributed by atoms with Crippen molar-refractivity contribution in [3.63, 3.8) is 0 Å². The number of ether oxygens (including phenoxy) is 2. The van der Waals surface area contributed by atoms with Crippen molar-refractivity contribution in [1.82, 2.24) is 0 Å². The quantitative estimate of drug-likeness (QED) is 0.220. The SMILES string of the molecule is CC(C(=O)O[C@@H]1CC2CC[N+]1(CCCOc1ccccc1)CC2)(c1ccccc1)c1ccccc1. The monoisotopic (exact) mass is 470 g/mol. The fourth-order valence-electron chi connectivity index (χ4n) is 5.97. The summed E-state index contributed by atoms with van der Waals surface area (Å²) in [6.07, 6.45) is 4.27. The number of nitrogens with zero attached hydrogens (tertiary/aromatic N) is 1. The number of carbonyl (C=O) groups is 1. The lowest BCUT2D eigenvalue weighted by Gasteiger charge is -2.53. The number of esters is 1. The first-order chi connectivity index (χ1) is 17.1. The third-order valence-corrected chi connectivity index (χ3v) is 8.22. The minimum Gasteiger partial charge on any atom is -0.493 e. The van der Waals surface area contributed by atoms with Gasteiger partial charge in [-0.3, -0.25) is 9.28 Å². The second kappa shape index (κ2) is 10.2. The highest BCUT2D eigenvalue weighted by Gasteiger charge is 2.51. The highest BCUT2D eigenvalue weighted by atomic mass is 16.6. The molecule has 0 saturated carbocycles. The zero-order chi connectivity index (χ0) is 24.1.